The molecule has 0 fully saturated rings. The van der Waals surface area contributed by atoms with Crippen LogP contribution in [0, 0.1) is 0 Å². The van der Waals surface area contributed by atoms with Gasteiger partial charge in [-0.1, -0.05) is 27.7 Å². The van der Waals surface area contributed by atoms with Crippen LogP contribution in [0.3, 0.4) is 0 Å². The summed E-state index contributed by atoms with van der Waals surface area (Å²) >= 11 is 1.77. The van der Waals surface area contributed by atoms with Crippen LogP contribution < -0.4 is 0 Å². The molecule has 0 bridgehead atoms. The molecule has 0 unspecified atom stereocenters. The number of amides is 2. The van der Waals surface area contributed by atoms with Crippen molar-refractivity contribution < 1.29 is 19.2 Å². The number of hydroxylamine groups is 2. The second-order valence-corrected chi connectivity index (χ2v) is 2.66. The Hall–Kier alpha value is -0.920. The van der Waals surface area contributed by atoms with Crippen molar-refractivity contribution in [2.24, 2.45) is 0 Å². The van der Waals surface area contributed by atoms with E-state index in [1.165, 1.54) is 0 Å². The molecule has 0 saturated carbocycles. The predicted octanol–water partition coefficient (Wildman–Crippen LogP) is -0.195. The Bertz CT molecular complexity index is 255. The highest BCUT2D eigenvalue weighted by Crippen LogP contribution is 2.04. The van der Waals surface area contributed by atoms with Gasteiger partial charge in [-0.05, 0) is 0 Å². The van der Waals surface area contributed by atoms with Crippen LogP contribution in [0.25, 0.3) is 0 Å². The van der Waals surface area contributed by atoms with Crippen LogP contribution >= 0.6 is 22.6 Å². The molecular weight excluding hydrogens is 277 g/mol. The van der Waals surface area contributed by atoms with Gasteiger partial charge in [-0.25, -0.2) is 4.79 Å². The van der Waals surface area contributed by atoms with Crippen LogP contribution in [0.15, 0.2) is 12.2 Å². The third kappa shape index (κ3) is 1.81. The smallest absolute Gasteiger partial charge is 0.329 e. The third-order valence-electron chi connectivity index (χ3n) is 1.07. The summed E-state index contributed by atoms with van der Waals surface area (Å²) in [7, 11) is 0. The Labute approximate surface area is 81.4 Å². The molecule has 1 aliphatic rings. The molecule has 0 aliphatic carbocycles. The molecule has 0 N–H and O–H groups in total. The van der Waals surface area contributed by atoms with Crippen molar-refractivity contribution in [2.45, 2.75) is 0 Å². The number of carbonyl (C=O) groups is 3. The zero-order chi connectivity index (χ0) is 9.14. The second-order valence-electron chi connectivity index (χ2n) is 1.90. The van der Waals surface area contributed by atoms with E-state index in [9.17, 15) is 14.4 Å². The molecule has 5 nitrogen and oxygen atoms in total. The minimum absolute atomic E-state index is 0.0921. The summed E-state index contributed by atoms with van der Waals surface area (Å²) in [6, 6.07) is 0. The summed E-state index contributed by atoms with van der Waals surface area (Å²) in [5, 5.41) is 0.432. The van der Waals surface area contributed by atoms with Crippen molar-refractivity contribution in [3.05, 3.63) is 12.2 Å². The molecule has 1 rings (SSSR count). The fourth-order valence-corrected chi connectivity index (χ4v) is 0.742. The summed E-state index contributed by atoms with van der Waals surface area (Å²) in [4.78, 5) is 36.6. The van der Waals surface area contributed by atoms with Crippen LogP contribution in [-0.4, -0.2) is 27.3 Å². The van der Waals surface area contributed by atoms with E-state index in [1.54, 1.807) is 22.6 Å². The molecule has 0 radical (unpaired) electrons. The number of carbonyl (C=O) groups excluding carboxylic acids is 3. The lowest BCUT2D eigenvalue weighted by molar-refractivity contribution is -0.193. The molecule has 12 heavy (non-hydrogen) atoms. The van der Waals surface area contributed by atoms with Gasteiger partial charge in [-0.15, -0.1) is 0 Å². The topological polar surface area (TPSA) is 63.7 Å². The minimum Gasteiger partial charge on any atom is -0.329 e. The third-order valence-corrected chi connectivity index (χ3v) is 1.69. The van der Waals surface area contributed by atoms with E-state index >= 15 is 0 Å². The second kappa shape index (κ2) is 3.65. The molecule has 0 aromatic rings. The van der Waals surface area contributed by atoms with Crippen LogP contribution in [-0.2, 0) is 19.2 Å². The van der Waals surface area contributed by atoms with Crippen molar-refractivity contribution in [2.75, 3.05) is 4.43 Å². The van der Waals surface area contributed by atoms with E-state index < -0.39 is 17.8 Å². The Balaban J connectivity index is 2.59. The Morgan fingerprint density at radius 1 is 1.42 bits per heavy atom. The number of nitrogens with zero attached hydrogens (tertiary/aromatic N) is 1. The Morgan fingerprint density at radius 3 is 2.33 bits per heavy atom. The van der Waals surface area contributed by atoms with Crippen molar-refractivity contribution in [1.82, 2.24) is 5.06 Å². The van der Waals surface area contributed by atoms with E-state index in [-0.39, 0.29) is 4.43 Å². The monoisotopic (exact) mass is 281 g/mol. The van der Waals surface area contributed by atoms with Crippen LogP contribution in [0.2, 0.25) is 0 Å². The molecule has 6 heteroatoms. The quantitative estimate of drug-likeness (QED) is 0.399. The van der Waals surface area contributed by atoms with E-state index in [4.69, 9.17) is 0 Å². The number of imide groups is 1. The Morgan fingerprint density at radius 2 is 1.92 bits per heavy atom. The maximum atomic E-state index is 10.8. The largest absolute Gasteiger partial charge is 0.342 e. The first kappa shape index (κ1) is 9.17. The average molecular weight is 281 g/mol. The molecule has 1 aliphatic heterocycles. The average Bonchev–Trinajstić information content (AvgIpc) is 2.35. The predicted molar refractivity (Wildman–Crippen MR) is 46.0 cm³/mol. The fourth-order valence-electron chi connectivity index (χ4n) is 0.603. The van der Waals surface area contributed by atoms with Gasteiger partial charge in [0.25, 0.3) is 11.8 Å². The van der Waals surface area contributed by atoms with Crippen molar-refractivity contribution >= 4 is 40.4 Å². The van der Waals surface area contributed by atoms with Gasteiger partial charge in [0.1, 0.15) is 4.43 Å². The van der Waals surface area contributed by atoms with Crippen molar-refractivity contribution in [1.29, 1.82) is 0 Å². The maximum Gasteiger partial charge on any atom is 0.342 e. The van der Waals surface area contributed by atoms with E-state index in [0.29, 0.717) is 5.06 Å². The van der Waals surface area contributed by atoms with Gasteiger partial charge in [-0.3, -0.25) is 9.59 Å². The van der Waals surface area contributed by atoms with E-state index in [0.717, 1.165) is 12.2 Å². The highest BCUT2D eigenvalue weighted by atomic mass is 127. The normalized spacial score (nSPS) is 15.6. The molecule has 0 aromatic heterocycles. The summed E-state index contributed by atoms with van der Waals surface area (Å²) in [6.45, 7) is 0. The van der Waals surface area contributed by atoms with Crippen molar-refractivity contribution in [3.8, 4) is 0 Å². The summed E-state index contributed by atoms with van der Waals surface area (Å²) < 4.78 is 0.0921. The molecule has 0 saturated heterocycles. The van der Waals surface area contributed by atoms with Gasteiger partial charge in [0, 0.05) is 12.2 Å². The SMILES string of the molecule is O=C(CI)ON1C(=O)C=CC1=O. The first-order valence-corrected chi connectivity index (χ1v) is 4.50. The molecule has 0 atom stereocenters. The Kier molecular flexibility index (Phi) is 2.79. The molecule has 1 heterocycles. The standard InChI is InChI=1S/C6H4INO4/c7-3-6(11)12-8-4(9)1-2-5(8)10/h1-2H,3H2. The fraction of sp³-hybridized carbons (Fsp3) is 0.167. The zero-order valence-corrected chi connectivity index (χ0v) is 7.98. The molecule has 0 aromatic carbocycles. The minimum atomic E-state index is -0.627. The first-order valence-electron chi connectivity index (χ1n) is 2.98. The lowest BCUT2D eigenvalue weighted by Crippen LogP contribution is -2.33. The summed E-state index contributed by atoms with van der Waals surface area (Å²) in [6.07, 6.45) is 2.09. The van der Waals surface area contributed by atoms with Gasteiger partial charge in [0.15, 0.2) is 0 Å². The van der Waals surface area contributed by atoms with Crippen LogP contribution in [0.1, 0.15) is 0 Å². The number of rotatable bonds is 2. The van der Waals surface area contributed by atoms with E-state index in [2.05, 4.69) is 4.84 Å². The van der Waals surface area contributed by atoms with Gasteiger partial charge in [0.2, 0.25) is 0 Å². The molecule has 2 amide bonds. The summed E-state index contributed by atoms with van der Waals surface area (Å²) in [5.41, 5.74) is 0. The molecule has 64 valence electrons. The lowest BCUT2D eigenvalue weighted by Gasteiger charge is -2.10. The van der Waals surface area contributed by atoms with Gasteiger partial charge in [0.05, 0.1) is 0 Å². The molecule has 0 spiro atoms. The number of alkyl halides is 1. The number of hydrogen-bond acceptors (Lipinski definition) is 4. The zero-order valence-electron chi connectivity index (χ0n) is 5.82. The van der Waals surface area contributed by atoms with Gasteiger partial charge < -0.3 is 4.84 Å². The highest BCUT2D eigenvalue weighted by Gasteiger charge is 2.27. The maximum absolute atomic E-state index is 10.8. The number of hydrogen-bond donors (Lipinski definition) is 0. The highest BCUT2D eigenvalue weighted by molar-refractivity contribution is 14.1. The van der Waals surface area contributed by atoms with Crippen molar-refractivity contribution in [3.63, 3.8) is 0 Å². The number of halogens is 1. The van der Waals surface area contributed by atoms with Gasteiger partial charge in [-0.2, -0.15) is 0 Å². The van der Waals surface area contributed by atoms with Crippen LogP contribution in [0.4, 0.5) is 0 Å². The van der Waals surface area contributed by atoms with E-state index in [1.807, 2.05) is 0 Å². The van der Waals surface area contributed by atoms with Crippen LogP contribution in [0.5, 0.6) is 0 Å². The lowest BCUT2D eigenvalue weighted by atomic mass is 10.6. The van der Waals surface area contributed by atoms with Gasteiger partial charge >= 0.3 is 5.97 Å². The summed E-state index contributed by atoms with van der Waals surface area (Å²) in [5.74, 6) is -1.88. The molecular formula is C6H4INO4. The first-order chi connectivity index (χ1) is 5.65.